The molecule has 4 heteroatoms. The Balaban J connectivity index is 2.07. The van der Waals surface area contributed by atoms with Crippen LogP contribution in [-0.2, 0) is 0 Å². The highest BCUT2D eigenvalue weighted by Gasteiger charge is 2.13. The molecule has 108 valence electrons. The molecule has 0 aliphatic rings. The molecule has 0 fully saturated rings. The number of pyridine rings is 1. The number of nitrogens with one attached hydrogen (secondary N) is 1. The van der Waals surface area contributed by atoms with Crippen LogP contribution in [-0.4, -0.2) is 21.0 Å². The van der Waals surface area contributed by atoms with Crippen LogP contribution in [0.5, 0.6) is 5.75 Å². The Morgan fingerprint density at radius 3 is 2.71 bits per heavy atom. The number of rotatable bonds is 5. The van der Waals surface area contributed by atoms with Gasteiger partial charge in [-0.25, -0.2) is 4.98 Å². The molecule has 0 saturated heterocycles. The van der Waals surface area contributed by atoms with Gasteiger partial charge in [0.25, 0.3) is 0 Å². The average molecular weight is 281 g/mol. The van der Waals surface area contributed by atoms with Crippen LogP contribution in [0.2, 0.25) is 0 Å². The Morgan fingerprint density at radius 2 is 1.95 bits per heavy atom. The number of hydrogen-bond acceptors (Lipinski definition) is 3. The van der Waals surface area contributed by atoms with Gasteiger partial charge in [-0.1, -0.05) is 19.4 Å². The van der Waals surface area contributed by atoms with E-state index in [1.165, 1.54) is 0 Å². The van der Waals surface area contributed by atoms with Crippen molar-refractivity contribution in [2.75, 3.05) is 11.9 Å². The summed E-state index contributed by atoms with van der Waals surface area (Å²) >= 11 is 0. The monoisotopic (exact) mass is 281 g/mol. The number of phenols is 1. The van der Waals surface area contributed by atoms with Crippen LogP contribution in [0.25, 0.3) is 16.9 Å². The second-order valence-electron chi connectivity index (χ2n) is 5.07. The second-order valence-corrected chi connectivity index (χ2v) is 5.07. The Kier molecular flexibility index (Phi) is 3.77. The summed E-state index contributed by atoms with van der Waals surface area (Å²) in [4.78, 5) is 4.71. The topological polar surface area (TPSA) is 49.6 Å². The Morgan fingerprint density at radius 1 is 1.14 bits per heavy atom. The van der Waals surface area contributed by atoms with Crippen LogP contribution in [0.1, 0.15) is 19.8 Å². The minimum atomic E-state index is 0.267. The molecule has 1 aromatic carbocycles. The van der Waals surface area contributed by atoms with Gasteiger partial charge in [-0.2, -0.15) is 0 Å². The molecule has 21 heavy (non-hydrogen) atoms. The molecule has 3 rings (SSSR count). The SMILES string of the molecule is CCCCNc1c(-c2ccc(O)cc2)nc2ccccn12. The summed E-state index contributed by atoms with van der Waals surface area (Å²) in [5.74, 6) is 1.27. The lowest BCUT2D eigenvalue weighted by Crippen LogP contribution is -2.04. The first-order chi connectivity index (χ1) is 10.3. The zero-order valence-corrected chi connectivity index (χ0v) is 12.1. The summed E-state index contributed by atoms with van der Waals surface area (Å²) in [7, 11) is 0. The zero-order valence-electron chi connectivity index (χ0n) is 12.1. The maximum absolute atomic E-state index is 9.44. The predicted octanol–water partition coefficient (Wildman–Crippen LogP) is 3.92. The molecule has 0 amide bonds. The van der Waals surface area contributed by atoms with E-state index in [1.807, 2.05) is 36.5 Å². The molecule has 0 atom stereocenters. The minimum Gasteiger partial charge on any atom is -0.508 e. The molecule has 0 saturated carbocycles. The molecule has 0 radical (unpaired) electrons. The molecule has 0 bridgehead atoms. The molecular weight excluding hydrogens is 262 g/mol. The first-order valence-corrected chi connectivity index (χ1v) is 7.30. The van der Waals surface area contributed by atoms with Crippen molar-refractivity contribution in [3.8, 4) is 17.0 Å². The van der Waals surface area contributed by atoms with E-state index in [9.17, 15) is 5.11 Å². The molecule has 0 unspecified atom stereocenters. The Hall–Kier alpha value is -2.49. The molecule has 2 aromatic heterocycles. The lowest BCUT2D eigenvalue weighted by atomic mass is 10.1. The smallest absolute Gasteiger partial charge is 0.139 e. The molecule has 0 aliphatic heterocycles. The highest BCUT2D eigenvalue weighted by molar-refractivity contribution is 5.76. The summed E-state index contributed by atoms with van der Waals surface area (Å²) < 4.78 is 2.07. The van der Waals surface area contributed by atoms with Crippen LogP contribution >= 0.6 is 0 Å². The molecule has 2 N–H and O–H groups in total. The first kappa shape index (κ1) is 13.5. The Bertz CT molecular complexity index is 731. The van der Waals surface area contributed by atoms with E-state index >= 15 is 0 Å². The van der Waals surface area contributed by atoms with Gasteiger partial charge in [0.2, 0.25) is 0 Å². The third-order valence-corrected chi connectivity index (χ3v) is 3.49. The predicted molar refractivity (Wildman–Crippen MR) is 85.7 cm³/mol. The molecular formula is C17H19N3O. The summed E-state index contributed by atoms with van der Waals surface area (Å²) in [5.41, 5.74) is 2.83. The van der Waals surface area contributed by atoms with E-state index in [0.717, 1.165) is 42.1 Å². The molecule has 2 heterocycles. The molecule has 3 aromatic rings. The van der Waals surface area contributed by atoms with Crippen molar-refractivity contribution < 1.29 is 5.11 Å². The lowest BCUT2D eigenvalue weighted by Gasteiger charge is -2.08. The highest BCUT2D eigenvalue weighted by atomic mass is 16.3. The number of anilines is 1. The number of hydrogen-bond donors (Lipinski definition) is 2. The van der Waals surface area contributed by atoms with Gasteiger partial charge in [-0.15, -0.1) is 0 Å². The highest BCUT2D eigenvalue weighted by Crippen LogP contribution is 2.29. The standard InChI is InChI=1S/C17H19N3O/c1-2-3-11-18-17-16(13-7-9-14(21)10-8-13)19-15-6-4-5-12-20(15)17/h4-10,12,18,21H,2-3,11H2,1H3. The number of unbranched alkanes of at least 4 members (excludes halogenated alkanes) is 1. The number of aromatic nitrogens is 2. The summed E-state index contributed by atoms with van der Waals surface area (Å²) in [6.07, 6.45) is 4.29. The Labute approximate surface area is 124 Å². The molecule has 0 aliphatic carbocycles. The van der Waals surface area contributed by atoms with Crippen molar-refractivity contribution in [3.63, 3.8) is 0 Å². The van der Waals surface area contributed by atoms with Gasteiger partial charge >= 0.3 is 0 Å². The fraction of sp³-hybridized carbons (Fsp3) is 0.235. The number of phenolic OH excluding ortho intramolecular Hbond substituents is 1. The number of imidazole rings is 1. The van der Waals surface area contributed by atoms with Gasteiger partial charge in [0.1, 0.15) is 22.9 Å². The van der Waals surface area contributed by atoms with Gasteiger partial charge in [0.15, 0.2) is 0 Å². The number of fused-ring (bicyclic) bond motifs is 1. The maximum Gasteiger partial charge on any atom is 0.139 e. The van der Waals surface area contributed by atoms with Crippen molar-refractivity contribution in [2.45, 2.75) is 19.8 Å². The fourth-order valence-corrected chi connectivity index (χ4v) is 2.37. The maximum atomic E-state index is 9.44. The van der Waals surface area contributed by atoms with Crippen molar-refractivity contribution in [3.05, 3.63) is 48.7 Å². The normalized spacial score (nSPS) is 10.9. The molecule has 0 spiro atoms. The van der Waals surface area contributed by atoms with Gasteiger partial charge in [-0.05, 0) is 42.8 Å². The number of aromatic hydroxyl groups is 1. The zero-order chi connectivity index (χ0) is 14.7. The van der Waals surface area contributed by atoms with Crippen LogP contribution in [0.15, 0.2) is 48.7 Å². The molecule has 4 nitrogen and oxygen atoms in total. The van der Waals surface area contributed by atoms with Crippen molar-refractivity contribution in [1.82, 2.24) is 9.38 Å². The minimum absolute atomic E-state index is 0.267. The fourth-order valence-electron chi connectivity index (χ4n) is 2.37. The largest absolute Gasteiger partial charge is 0.508 e. The van der Waals surface area contributed by atoms with Crippen molar-refractivity contribution in [1.29, 1.82) is 0 Å². The van der Waals surface area contributed by atoms with Gasteiger partial charge in [0.05, 0.1) is 0 Å². The summed E-state index contributed by atoms with van der Waals surface area (Å²) in [5, 5.41) is 12.9. The van der Waals surface area contributed by atoms with E-state index in [2.05, 4.69) is 16.6 Å². The van der Waals surface area contributed by atoms with E-state index in [1.54, 1.807) is 12.1 Å². The van der Waals surface area contributed by atoms with E-state index in [0.29, 0.717) is 0 Å². The van der Waals surface area contributed by atoms with Gasteiger partial charge < -0.3 is 10.4 Å². The average Bonchev–Trinajstić information content (AvgIpc) is 2.87. The van der Waals surface area contributed by atoms with Gasteiger partial charge in [0, 0.05) is 18.3 Å². The summed E-state index contributed by atoms with van der Waals surface area (Å²) in [6.45, 7) is 3.10. The van der Waals surface area contributed by atoms with Crippen molar-refractivity contribution in [2.24, 2.45) is 0 Å². The quantitative estimate of drug-likeness (QED) is 0.697. The lowest BCUT2D eigenvalue weighted by molar-refractivity contribution is 0.475. The van der Waals surface area contributed by atoms with E-state index in [-0.39, 0.29) is 5.75 Å². The first-order valence-electron chi connectivity index (χ1n) is 7.30. The number of nitrogens with zero attached hydrogens (tertiary/aromatic N) is 2. The number of benzene rings is 1. The second kappa shape index (κ2) is 5.87. The van der Waals surface area contributed by atoms with E-state index in [4.69, 9.17) is 4.98 Å². The van der Waals surface area contributed by atoms with Gasteiger partial charge in [-0.3, -0.25) is 4.40 Å². The van der Waals surface area contributed by atoms with Crippen LogP contribution < -0.4 is 5.32 Å². The van der Waals surface area contributed by atoms with Crippen LogP contribution in [0.4, 0.5) is 5.82 Å². The van der Waals surface area contributed by atoms with Crippen molar-refractivity contribution >= 4 is 11.5 Å². The third-order valence-electron chi connectivity index (χ3n) is 3.49. The van der Waals surface area contributed by atoms with Crippen LogP contribution in [0.3, 0.4) is 0 Å². The van der Waals surface area contributed by atoms with E-state index < -0.39 is 0 Å². The van der Waals surface area contributed by atoms with Crippen LogP contribution in [0, 0.1) is 0 Å². The summed E-state index contributed by atoms with van der Waals surface area (Å²) in [6, 6.07) is 13.1. The third kappa shape index (κ3) is 2.70.